The lowest BCUT2D eigenvalue weighted by Crippen LogP contribution is -2.29. The number of aromatic carboxylic acids is 1. The minimum atomic E-state index is -1.04. The molecule has 2 aromatic rings. The molecule has 0 aromatic heterocycles. The SMILES string of the molecule is Cc1cc(F)c(C(=O)NCCOc2ccc(C(=O)O)cc2)cc1F. The van der Waals surface area contributed by atoms with Crippen molar-refractivity contribution in [3.05, 3.63) is 64.7 Å². The first kappa shape index (κ1) is 17.4. The van der Waals surface area contributed by atoms with E-state index in [0.29, 0.717) is 5.75 Å². The van der Waals surface area contributed by atoms with Crippen LogP contribution in [0.5, 0.6) is 5.75 Å². The average molecular weight is 335 g/mol. The van der Waals surface area contributed by atoms with Crippen molar-refractivity contribution < 1.29 is 28.2 Å². The van der Waals surface area contributed by atoms with Crippen LogP contribution in [-0.2, 0) is 0 Å². The predicted octanol–water partition coefficient (Wildman–Crippen LogP) is 2.78. The molecule has 0 fully saturated rings. The number of carboxylic acid groups (broad SMARTS) is 1. The van der Waals surface area contributed by atoms with E-state index in [9.17, 15) is 18.4 Å². The van der Waals surface area contributed by atoms with E-state index in [1.54, 1.807) is 0 Å². The number of carbonyl (C=O) groups excluding carboxylic acids is 1. The molecular weight excluding hydrogens is 320 g/mol. The third-order valence-corrected chi connectivity index (χ3v) is 3.25. The van der Waals surface area contributed by atoms with Crippen LogP contribution in [0.3, 0.4) is 0 Å². The van der Waals surface area contributed by atoms with Gasteiger partial charge in [-0.25, -0.2) is 13.6 Å². The van der Waals surface area contributed by atoms with E-state index < -0.39 is 23.5 Å². The number of halogens is 2. The third-order valence-electron chi connectivity index (χ3n) is 3.25. The molecule has 0 aliphatic carbocycles. The molecule has 2 aromatic carbocycles. The van der Waals surface area contributed by atoms with Gasteiger partial charge in [0.2, 0.25) is 0 Å². The van der Waals surface area contributed by atoms with Crippen LogP contribution in [0.25, 0.3) is 0 Å². The first-order chi connectivity index (χ1) is 11.4. The lowest BCUT2D eigenvalue weighted by Gasteiger charge is -2.09. The summed E-state index contributed by atoms with van der Waals surface area (Å²) in [6, 6.07) is 7.57. The Morgan fingerprint density at radius 1 is 1.12 bits per heavy atom. The summed E-state index contributed by atoms with van der Waals surface area (Å²) in [6.07, 6.45) is 0. The van der Waals surface area contributed by atoms with E-state index in [0.717, 1.165) is 12.1 Å². The van der Waals surface area contributed by atoms with Gasteiger partial charge in [0, 0.05) is 0 Å². The quantitative estimate of drug-likeness (QED) is 0.796. The van der Waals surface area contributed by atoms with E-state index in [1.807, 2.05) is 0 Å². The molecule has 0 aliphatic heterocycles. The van der Waals surface area contributed by atoms with Crippen molar-refractivity contribution in [2.75, 3.05) is 13.2 Å². The summed E-state index contributed by atoms with van der Waals surface area (Å²) in [5.41, 5.74) is -0.117. The van der Waals surface area contributed by atoms with Gasteiger partial charge >= 0.3 is 5.97 Å². The molecule has 0 spiro atoms. The van der Waals surface area contributed by atoms with Gasteiger partial charge in [0.1, 0.15) is 24.0 Å². The van der Waals surface area contributed by atoms with Crippen molar-refractivity contribution in [1.82, 2.24) is 5.32 Å². The summed E-state index contributed by atoms with van der Waals surface area (Å²) < 4.78 is 32.4. The van der Waals surface area contributed by atoms with Crippen molar-refractivity contribution in [2.45, 2.75) is 6.92 Å². The molecule has 2 N–H and O–H groups in total. The molecule has 0 bridgehead atoms. The minimum Gasteiger partial charge on any atom is -0.492 e. The fraction of sp³-hybridized carbons (Fsp3) is 0.176. The van der Waals surface area contributed by atoms with Crippen LogP contribution in [0, 0.1) is 18.6 Å². The van der Waals surface area contributed by atoms with Gasteiger partial charge in [-0.15, -0.1) is 0 Å². The number of hydrogen-bond donors (Lipinski definition) is 2. The zero-order valence-electron chi connectivity index (χ0n) is 12.8. The van der Waals surface area contributed by atoms with Crippen LogP contribution < -0.4 is 10.1 Å². The van der Waals surface area contributed by atoms with Gasteiger partial charge in [0.25, 0.3) is 5.91 Å². The number of carboxylic acids is 1. The zero-order valence-corrected chi connectivity index (χ0v) is 12.8. The Morgan fingerprint density at radius 3 is 2.42 bits per heavy atom. The van der Waals surface area contributed by atoms with Gasteiger partial charge in [0.05, 0.1) is 17.7 Å². The molecule has 7 heteroatoms. The smallest absolute Gasteiger partial charge is 0.335 e. The van der Waals surface area contributed by atoms with E-state index in [2.05, 4.69) is 5.32 Å². The van der Waals surface area contributed by atoms with Crippen molar-refractivity contribution in [3.8, 4) is 5.75 Å². The van der Waals surface area contributed by atoms with Crippen LogP contribution in [0.15, 0.2) is 36.4 Å². The van der Waals surface area contributed by atoms with Gasteiger partial charge < -0.3 is 15.2 Å². The Bertz CT molecular complexity index is 760. The van der Waals surface area contributed by atoms with E-state index in [1.165, 1.54) is 31.2 Å². The van der Waals surface area contributed by atoms with Crippen molar-refractivity contribution in [3.63, 3.8) is 0 Å². The largest absolute Gasteiger partial charge is 0.492 e. The second kappa shape index (κ2) is 7.54. The number of hydrogen-bond acceptors (Lipinski definition) is 3. The normalized spacial score (nSPS) is 10.3. The molecule has 0 saturated heterocycles. The third kappa shape index (κ3) is 4.28. The second-order valence-corrected chi connectivity index (χ2v) is 5.02. The van der Waals surface area contributed by atoms with Crippen molar-refractivity contribution in [1.29, 1.82) is 0 Å². The summed E-state index contributed by atoms with van der Waals surface area (Å²) >= 11 is 0. The van der Waals surface area contributed by atoms with Crippen LogP contribution in [0.2, 0.25) is 0 Å². The highest BCUT2D eigenvalue weighted by Crippen LogP contribution is 2.14. The second-order valence-electron chi connectivity index (χ2n) is 5.02. The standard InChI is InChI=1S/C17H15F2NO4/c1-10-8-15(19)13(9-14(10)18)16(21)20-6-7-24-12-4-2-11(3-5-12)17(22)23/h2-5,8-9H,6-7H2,1H3,(H,20,21)(H,22,23). The number of ether oxygens (including phenoxy) is 1. The maximum absolute atomic E-state index is 13.7. The number of carbonyl (C=O) groups is 2. The molecule has 126 valence electrons. The molecular formula is C17H15F2NO4. The fourth-order valence-corrected chi connectivity index (χ4v) is 1.94. The fourth-order valence-electron chi connectivity index (χ4n) is 1.94. The number of nitrogens with one attached hydrogen (secondary N) is 1. The first-order valence-corrected chi connectivity index (χ1v) is 7.08. The highest BCUT2D eigenvalue weighted by Gasteiger charge is 2.14. The lowest BCUT2D eigenvalue weighted by atomic mass is 10.1. The van der Waals surface area contributed by atoms with Gasteiger partial charge in [-0.3, -0.25) is 4.79 Å². The summed E-state index contributed by atoms with van der Waals surface area (Å²) in [6.45, 7) is 1.58. The molecule has 5 nitrogen and oxygen atoms in total. The van der Waals surface area contributed by atoms with Crippen molar-refractivity contribution >= 4 is 11.9 Å². The number of aryl methyl sites for hydroxylation is 1. The molecule has 0 heterocycles. The zero-order chi connectivity index (χ0) is 17.7. The highest BCUT2D eigenvalue weighted by molar-refractivity contribution is 5.94. The monoisotopic (exact) mass is 335 g/mol. The molecule has 0 aliphatic rings. The maximum atomic E-state index is 13.7. The average Bonchev–Trinajstić information content (AvgIpc) is 2.55. The Labute approximate surface area is 136 Å². The number of amides is 1. The van der Waals surface area contributed by atoms with Crippen LogP contribution >= 0.6 is 0 Å². The lowest BCUT2D eigenvalue weighted by molar-refractivity contribution is 0.0696. The van der Waals surface area contributed by atoms with E-state index >= 15 is 0 Å². The van der Waals surface area contributed by atoms with E-state index in [4.69, 9.17) is 9.84 Å². The molecule has 0 atom stereocenters. The summed E-state index contributed by atoms with van der Waals surface area (Å²) in [5, 5.41) is 11.2. The Kier molecular flexibility index (Phi) is 5.47. The number of rotatable bonds is 6. The van der Waals surface area contributed by atoms with Crippen LogP contribution in [0.4, 0.5) is 8.78 Å². The van der Waals surface area contributed by atoms with E-state index in [-0.39, 0.29) is 29.8 Å². The Balaban J connectivity index is 1.85. The number of benzene rings is 2. The van der Waals surface area contributed by atoms with Crippen LogP contribution in [-0.4, -0.2) is 30.1 Å². The topological polar surface area (TPSA) is 75.6 Å². The van der Waals surface area contributed by atoms with Gasteiger partial charge in [-0.1, -0.05) is 0 Å². The first-order valence-electron chi connectivity index (χ1n) is 7.08. The highest BCUT2D eigenvalue weighted by atomic mass is 19.1. The van der Waals surface area contributed by atoms with Gasteiger partial charge in [0.15, 0.2) is 0 Å². The Morgan fingerprint density at radius 2 is 1.79 bits per heavy atom. The molecule has 0 radical (unpaired) electrons. The molecule has 24 heavy (non-hydrogen) atoms. The summed E-state index contributed by atoms with van der Waals surface area (Å²) in [4.78, 5) is 22.5. The maximum Gasteiger partial charge on any atom is 0.335 e. The Hall–Kier alpha value is -2.96. The predicted molar refractivity (Wildman–Crippen MR) is 82.3 cm³/mol. The van der Waals surface area contributed by atoms with Gasteiger partial charge in [-0.2, -0.15) is 0 Å². The van der Waals surface area contributed by atoms with Gasteiger partial charge in [-0.05, 0) is 48.9 Å². The molecule has 0 saturated carbocycles. The summed E-state index contributed by atoms with van der Waals surface area (Å²) in [5.74, 6) is -2.80. The van der Waals surface area contributed by atoms with Crippen molar-refractivity contribution in [2.24, 2.45) is 0 Å². The summed E-state index contributed by atoms with van der Waals surface area (Å²) in [7, 11) is 0. The molecule has 0 unspecified atom stereocenters. The molecule has 2 rings (SSSR count). The van der Waals surface area contributed by atoms with Crippen LogP contribution in [0.1, 0.15) is 26.3 Å². The minimum absolute atomic E-state index is 0.0778. The molecule has 1 amide bonds.